The van der Waals surface area contributed by atoms with Crippen molar-refractivity contribution in [3.63, 3.8) is 0 Å². The molecule has 0 atom stereocenters. The van der Waals surface area contributed by atoms with Crippen molar-refractivity contribution in [1.82, 2.24) is 9.88 Å². The smallest absolute Gasteiger partial charge is 0.230 e. The number of thioether (sulfide) groups is 1. The van der Waals surface area contributed by atoms with Crippen LogP contribution in [0.5, 0.6) is 0 Å². The number of fused-ring (bicyclic) bond motifs is 1. The van der Waals surface area contributed by atoms with E-state index in [1.165, 1.54) is 10.9 Å². The van der Waals surface area contributed by atoms with E-state index in [1.54, 1.807) is 11.8 Å². The Balaban J connectivity index is 1.61. The zero-order valence-electron chi connectivity index (χ0n) is 13.2. The van der Waals surface area contributed by atoms with Crippen LogP contribution >= 0.6 is 11.8 Å². The number of benzene rings is 2. The zero-order valence-corrected chi connectivity index (χ0v) is 14.0. The lowest BCUT2D eigenvalue weighted by Crippen LogP contribution is -2.24. The number of aryl methyl sites for hydroxylation is 1. The molecule has 0 aliphatic rings. The Morgan fingerprint density at radius 2 is 1.83 bits per heavy atom. The first-order valence-electron chi connectivity index (χ1n) is 7.79. The summed E-state index contributed by atoms with van der Waals surface area (Å²) in [7, 11) is 0. The Hall–Kier alpha value is -2.20. The van der Waals surface area contributed by atoms with E-state index in [9.17, 15) is 4.79 Å². The highest BCUT2D eigenvalue weighted by Gasteiger charge is 2.09. The Bertz CT molecular complexity index is 795. The van der Waals surface area contributed by atoms with Crippen LogP contribution in [0, 0.1) is 0 Å². The molecule has 0 saturated carbocycles. The molecule has 0 aliphatic heterocycles. The predicted octanol–water partition coefficient (Wildman–Crippen LogP) is 4.07. The fourth-order valence-electron chi connectivity index (χ4n) is 2.58. The van der Waals surface area contributed by atoms with Crippen LogP contribution < -0.4 is 5.32 Å². The summed E-state index contributed by atoms with van der Waals surface area (Å²) < 4.78 is 2.22. The molecule has 3 rings (SSSR count). The molecule has 1 heterocycles. The molecule has 3 nitrogen and oxygen atoms in total. The molecule has 0 radical (unpaired) electrons. The lowest BCUT2D eigenvalue weighted by Gasteiger charge is -2.05. The second kappa shape index (κ2) is 7.38. The molecule has 0 aliphatic carbocycles. The SMILES string of the molecule is CCn1cc(SCC(=O)NCc2ccccc2)c2ccccc21. The molecule has 1 amide bonds. The number of nitrogens with one attached hydrogen (secondary N) is 1. The molecule has 23 heavy (non-hydrogen) atoms. The van der Waals surface area contributed by atoms with Gasteiger partial charge in [-0.3, -0.25) is 4.79 Å². The monoisotopic (exact) mass is 324 g/mol. The minimum absolute atomic E-state index is 0.0622. The molecule has 1 aromatic heterocycles. The van der Waals surface area contributed by atoms with E-state index in [0.717, 1.165) is 17.0 Å². The first kappa shape index (κ1) is 15.7. The van der Waals surface area contributed by atoms with Gasteiger partial charge in [0.25, 0.3) is 0 Å². The maximum absolute atomic E-state index is 12.1. The molecule has 3 aromatic rings. The second-order valence-electron chi connectivity index (χ2n) is 5.35. The van der Waals surface area contributed by atoms with E-state index in [0.29, 0.717) is 12.3 Å². The van der Waals surface area contributed by atoms with Gasteiger partial charge in [0.1, 0.15) is 0 Å². The van der Waals surface area contributed by atoms with Crippen molar-refractivity contribution in [2.45, 2.75) is 24.9 Å². The van der Waals surface area contributed by atoms with E-state index in [-0.39, 0.29) is 5.91 Å². The topological polar surface area (TPSA) is 34.0 Å². The third-order valence-corrected chi connectivity index (χ3v) is 4.83. The number of rotatable bonds is 6. The van der Waals surface area contributed by atoms with Gasteiger partial charge in [-0.05, 0) is 18.6 Å². The van der Waals surface area contributed by atoms with Crippen molar-refractivity contribution in [1.29, 1.82) is 0 Å². The fourth-order valence-corrected chi connectivity index (χ4v) is 3.50. The molecule has 118 valence electrons. The van der Waals surface area contributed by atoms with Gasteiger partial charge in [0.05, 0.1) is 5.75 Å². The number of carbonyl (C=O) groups is 1. The minimum atomic E-state index is 0.0622. The summed E-state index contributed by atoms with van der Waals surface area (Å²) in [5.74, 6) is 0.497. The zero-order chi connectivity index (χ0) is 16.1. The molecule has 0 fully saturated rings. The maximum Gasteiger partial charge on any atom is 0.230 e. The highest BCUT2D eigenvalue weighted by atomic mass is 32.2. The summed E-state index contributed by atoms with van der Waals surface area (Å²) in [5, 5.41) is 4.19. The number of para-hydroxylation sites is 1. The molecular weight excluding hydrogens is 304 g/mol. The van der Waals surface area contributed by atoms with Gasteiger partial charge in [-0.1, -0.05) is 48.5 Å². The van der Waals surface area contributed by atoms with Crippen LogP contribution in [0.1, 0.15) is 12.5 Å². The second-order valence-corrected chi connectivity index (χ2v) is 6.36. The van der Waals surface area contributed by atoms with Crippen LogP contribution in [0.4, 0.5) is 0 Å². The van der Waals surface area contributed by atoms with E-state index in [1.807, 2.05) is 36.4 Å². The summed E-state index contributed by atoms with van der Waals surface area (Å²) in [4.78, 5) is 13.2. The largest absolute Gasteiger partial charge is 0.351 e. The lowest BCUT2D eigenvalue weighted by molar-refractivity contribution is -0.118. The Morgan fingerprint density at radius 1 is 1.09 bits per heavy atom. The van der Waals surface area contributed by atoms with E-state index < -0.39 is 0 Å². The molecule has 0 spiro atoms. The van der Waals surface area contributed by atoms with Gasteiger partial charge in [-0.2, -0.15) is 0 Å². The van der Waals surface area contributed by atoms with Gasteiger partial charge in [0.15, 0.2) is 0 Å². The first-order valence-corrected chi connectivity index (χ1v) is 8.78. The van der Waals surface area contributed by atoms with Gasteiger partial charge >= 0.3 is 0 Å². The Kier molecular flexibility index (Phi) is 5.03. The number of hydrogen-bond donors (Lipinski definition) is 1. The van der Waals surface area contributed by atoms with Gasteiger partial charge in [-0.15, -0.1) is 11.8 Å². The van der Waals surface area contributed by atoms with Crippen molar-refractivity contribution >= 4 is 28.6 Å². The van der Waals surface area contributed by atoms with E-state index in [4.69, 9.17) is 0 Å². The van der Waals surface area contributed by atoms with Crippen molar-refractivity contribution in [2.24, 2.45) is 0 Å². The van der Waals surface area contributed by atoms with Crippen molar-refractivity contribution in [3.8, 4) is 0 Å². The quantitative estimate of drug-likeness (QED) is 0.694. The standard InChI is InChI=1S/C19H20N2OS/c1-2-21-13-18(16-10-6-7-11-17(16)21)23-14-19(22)20-12-15-8-4-3-5-9-15/h3-11,13H,2,12,14H2,1H3,(H,20,22). The van der Waals surface area contributed by atoms with Crippen molar-refractivity contribution in [3.05, 3.63) is 66.4 Å². The summed E-state index contributed by atoms with van der Waals surface area (Å²) >= 11 is 1.60. The van der Waals surface area contributed by atoms with E-state index in [2.05, 4.69) is 41.2 Å². The molecule has 0 bridgehead atoms. The normalized spacial score (nSPS) is 10.8. The summed E-state index contributed by atoms with van der Waals surface area (Å²) in [6.45, 7) is 3.64. The predicted molar refractivity (Wildman–Crippen MR) is 96.6 cm³/mol. The number of nitrogens with zero attached hydrogens (tertiary/aromatic N) is 1. The molecule has 0 saturated heterocycles. The van der Waals surface area contributed by atoms with Gasteiger partial charge in [0, 0.05) is 35.1 Å². The van der Waals surface area contributed by atoms with Crippen LogP contribution in [-0.2, 0) is 17.9 Å². The molecule has 0 unspecified atom stereocenters. The summed E-state index contributed by atoms with van der Waals surface area (Å²) in [5.41, 5.74) is 2.34. The lowest BCUT2D eigenvalue weighted by atomic mass is 10.2. The van der Waals surface area contributed by atoms with Crippen molar-refractivity contribution in [2.75, 3.05) is 5.75 Å². The molecule has 4 heteroatoms. The van der Waals surface area contributed by atoms with Crippen molar-refractivity contribution < 1.29 is 4.79 Å². The van der Waals surface area contributed by atoms with Crippen LogP contribution in [0.15, 0.2) is 65.7 Å². The maximum atomic E-state index is 12.1. The van der Waals surface area contributed by atoms with Gasteiger partial charge in [0.2, 0.25) is 5.91 Å². The number of hydrogen-bond acceptors (Lipinski definition) is 2. The van der Waals surface area contributed by atoms with Gasteiger partial charge < -0.3 is 9.88 Å². The number of amides is 1. The minimum Gasteiger partial charge on any atom is -0.351 e. The summed E-state index contributed by atoms with van der Waals surface area (Å²) in [6.07, 6.45) is 2.14. The highest BCUT2D eigenvalue weighted by molar-refractivity contribution is 8.00. The third-order valence-electron chi connectivity index (χ3n) is 3.78. The van der Waals surface area contributed by atoms with Crippen LogP contribution in [-0.4, -0.2) is 16.2 Å². The Morgan fingerprint density at radius 3 is 2.61 bits per heavy atom. The fraction of sp³-hybridized carbons (Fsp3) is 0.211. The Labute approximate surface area is 140 Å². The molecule has 2 aromatic carbocycles. The van der Waals surface area contributed by atoms with Crippen LogP contribution in [0.2, 0.25) is 0 Å². The van der Waals surface area contributed by atoms with Gasteiger partial charge in [-0.25, -0.2) is 0 Å². The summed E-state index contributed by atoms with van der Waals surface area (Å²) in [6, 6.07) is 18.3. The van der Waals surface area contributed by atoms with Crippen LogP contribution in [0.25, 0.3) is 10.9 Å². The van der Waals surface area contributed by atoms with Crippen LogP contribution in [0.3, 0.4) is 0 Å². The number of aromatic nitrogens is 1. The average molecular weight is 324 g/mol. The average Bonchev–Trinajstić information content (AvgIpc) is 2.97. The first-order chi connectivity index (χ1) is 11.3. The molecular formula is C19H20N2OS. The highest BCUT2D eigenvalue weighted by Crippen LogP contribution is 2.29. The third kappa shape index (κ3) is 3.77. The van der Waals surface area contributed by atoms with E-state index >= 15 is 0 Å². The molecule has 1 N–H and O–H groups in total. The number of carbonyl (C=O) groups excluding carboxylic acids is 1.